The van der Waals surface area contributed by atoms with Crippen LogP contribution in [0.1, 0.15) is 24.2 Å². The second kappa shape index (κ2) is 8.93. The number of amides is 1. The highest BCUT2D eigenvalue weighted by Gasteiger charge is 2.24. The molecule has 5 nitrogen and oxygen atoms in total. The van der Waals surface area contributed by atoms with Gasteiger partial charge in [-0.15, -0.1) is 0 Å². The van der Waals surface area contributed by atoms with Gasteiger partial charge in [-0.1, -0.05) is 29.8 Å². The summed E-state index contributed by atoms with van der Waals surface area (Å²) in [5.41, 5.74) is 1.33. The Balaban J connectivity index is 1.81. The zero-order valence-corrected chi connectivity index (χ0v) is 16.8. The molecule has 0 bridgehead atoms. The number of aromatic nitrogens is 1. The summed E-state index contributed by atoms with van der Waals surface area (Å²) in [5.74, 6) is -0.212. The van der Waals surface area contributed by atoms with Crippen LogP contribution in [0, 0.1) is 0 Å². The monoisotopic (exact) mass is 398 g/mol. The molecule has 0 spiro atoms. The summed E-state index contributed by atoms with van der Waals surface area (Å²) in [6.45, 7) is 5.73. The SMILES string of the molecule is CCN(CC)C(=O)C(=O)c1cn(CCOc2ccc(Cl)cc2)c2ccccc12. The van der Waals surface area contributed by atoms with Crippen LogP contribution in [0.5, 0.6) is 5.75 Å². The molecule has 28 heavy (non-hydrogen) atoms. The highest BCUT2D eigenvalue weighted by Crippen LogP contribution is 2.23. The van der Waals surface area contributed by atoms with E-state index in [2.05, 4.69) is 0 Å². The van der Waals surface area contributed by atoms with Gasteiger partial charge in [0.1, 0.15) is 12.4 Å². The van der Waals surface area contributed by atoms with Crippen LogP contribution >= 0.6 is 11.6 Å². The van der Waals surface area contributed by atoms with Crippen molar-refractivity contribution in [3.05, 3.63) is 65.3 Å². The van der Waals surface area contributed by atoms with Crippen LogP contribution in [0.15, 0.2) is 54.7 Å². The van der Waals surface area contributed by atoms with E-state index in [-0.39, 0.29) is 0 Å². The summed E-state index contributed by atoms with van der Waals surface area (Å²) < 4.78 is 7.72. The first-order valence-electron chi connectivity index (χ1n) is 9.35. The highest BCUT2D eigenvalue weighted by molar-refractivity contribution is 6.44. The number of para-hydroxylation sites is 1. The Bertz CT molecular complexity index is 975. The molecule has 0 saturated heterocycles. The fourth-order valence-corrected chi connectivity index (χ4v) is 3.30. The second-order valence-corrected chi connectivity index (χ2v) is 6.80. The van der Waals surface area contributed by atoms with Crippen LogP contribution in [0.4, 0.5) is 0 Å². The van der Waals surface area contributed by atoms with Gasteiger partial charge in [0.2, 0.25) is 0 Å². The van der Waals surface area contributed by atoms with E-state index in [1.54, 1.807) is 18.3 Å². The van der Waals surface area contributed by atoms with Crippen LogP contribution in [0.3, 0.4) is 0 Å². The Labute approximate surface area is 169 Å². The number of benzene rings is 2. The Hall–Kier alpha value is -2.79. The number of ether oxygens (including phenoxy) is 1. The lowest BCUT2D eigenvalue weighted by Crippen LogP contribution is -2.36. The number of ketones is 1. The van der Waals surface area contributed by atoms with E-state index in [0.717, 1.165) is 16.7 Å². The van der Waals surface area contributed by atoms with Crippen molar-refractivity contribution in [2.75, 3.05) is 19.7 Å². The summed E-state index contributed by atoms with van der Waals surface area (Å²) in [5, 5.41) is 1.43. The molecule has 0 radical (unpaired) electrons. The van der Waals surface area contributed by atoms with Gasteiger partial charge >= 0.3 is 0 Å². The molecule has 0 aliphatic rings. The van der Waals surface area contributed by atoms with E-state index in [0.29, 0.717) is 36.8 Å². The molecule has 1 aromatic heterocycles. The lowest BCUT2D eigenvalue weighted by Gasteiger charge is -2.17. The number of likely N-dealkylation sites (N-methyl/N-ethyl adjacent to an activating group) is 1. The normalized spacial score (nSPS) is 10.8. The molecule has 2 aromatic carbocycles. The number of hydrogen-bond donors (Lipinski definition) is 0. The number of halogens is 1. The fourth-order valence-electron chi connectivity index (χ4n) is 3.18. The van der Waals surface area contributed by atoms with Gasteiger partial charge < -0.3 is 14.2 Å². The maximum Gasteiger partial charge on any atom is 0.295 e. The average Bonchev–Trinajstić information content (AvgIpc) is 3.08. The standard InChI is InChI=1S/C22H23ClN2O3/c1-3-24(4-2)22(27)21(26)19-15-25(20-8-6-5-7-18(19)20)13-14-28-17-11-9-16(23)10-12-17/h5-12,15H,3-4,13-14H2,1-2H3. The Morgan fingerprint density at radius 2 is 1.71 bits per heavy atom. The van der Waals surface area contributed by atoms with Gasteiger partial charge in [0, 0.05) is 35.2 Å². The van der Waals surface area contributed by atoms with E-state index >= 15 is 0 Å². The number of carbonyl (C=O) groups excluding carboxylic acids is 2. The lowest BCUT2D eigenvalue weighted by atomic mass is 10.1. The van der Waals surface area contributed by atoms with Gasteiger partial charge in [0.25, 0.3) is 11.7 Å². The number of carbonyl (C=O) groups is 2. The molecule has 0 aliphatic heterocycles. The van der Waals surface area contributed by atoms with Gasteiger partial charge in [-0.05, 0) is 44.2 Å². The smallest absolute Gasteiger partial charge is 0.295 e. The molecule has 6 heteroatoms. The van der Waals surface area contributed by atoms with E-state index in [1.165, 1.54) is 4.90 Å². The summed E-state index contributed by atoms with van der Waals surface area (Å²) >= 11 is 5.89. The second-order valence-electron chi connectivity index (χ2n) is 6.36. The molecule has 0 saturated carbocycles. The van der Waals surface area contributed by atoms with E-state index in [1.807, 2.05) is 54.8 Å². The van der Waals surface area contributed by atoms with Crippen molar-refractivity contribution in [1.82, 2.24) is 9.47 Å². The average molecular weight is 399 g/mol. The Morgan fingerprint density at radius 3 is 2.39 bits per heavy atom. The van der Waals surface area contributed by atoms with Gasteiger partial charge in [-0.25, -0.2) is 0 Å². The largest absolute Gasteiger partial charge is 0.492 e. The number of fused-ring (bicyclic) bond motifs is 1. The molecule has 0 aliphatic carbocycles. The third-order valence-electron chi connectivity index (χ3n) is 4.69. The van der Waals surface area contributed by atoms with Gasteiger partial charge in [-0.2, -0.15) is 0 Å². The molecule has 1 amide bonds. The maximum absolute atomic E-state index is 12.8. The Morgan fingerprint density at radius 1 is 1.04 bits per heavy atom. The summed E-state index contributed by atoms with van der Waals surface area (Å²) in [4.78, 5) is 26.9. The van der Waals surface area contributed by atoms with Gasteiger partial charge in [0.05, 0.1) is 12.1 Å². The lowest BCUT2D eigenvalue weighted by molar-refractivity contribution is -0.126. The zero-order valence-electron chi connectivity index (χ0n) is 16.0. The van der Waals surface area contributed by atoms with E-state index in [9.17, 15) is 9.59 Å². The van der Waals surface area contributed by atoms with Crippen molar-refractivity contribution in [2.45, 2.75) is 20.4 Å². The third-order valence-corrected chi connectivity index (χ3v) is 4.94. The quantitative estimate of drug-likeness (QED) is 0.416. The predicted octanol–water partition coefficient (Wildman–Crippen LogP) is 4.42. The van der Waals surface area contributed by atoms with Crippen LogP contribution in [0.25, 0.3) is 10.9 Å². The molecule has 146 valence electrons. The number of Topliss-reactive ketones (excluding diaryl/α,β-unsaturated/α-hetero) is 1. The van der Waals surface area contributed by atoms with Gasteiger partial charge in [-0.3, -0.25) is 9.59 Å². The molecular weight excluding hydrogens is 376 g/mol. The number of nitrogens with zero attached hydrogens (tertiary/aromatic N) is 2. The maximum atomic E-state index is 12.8. The number of hydrogen-bond acceptors (Lipinski definition) is 3. The topological polar surface area (TPSA) is 51.5 Å². The zero-order chi connectivity index (χ0) is 20.1. The van der Waals surface area contributed by atoms with Crippen LogP contribution < -0.4 is 4.74 Å². The molecule has 0 unspecified atom stereocenters. The molecule has 0 atom stereocenters. The summed E-state index contributed by atoms with van der Waals surface area (Å²) in [6.07, 6.45) is 1.75. The fraction of sp³-hybridized carbons (Fsp3) is 0.273. The van der Waals surface area contributed by atoms with Crippen molar-refractivity contribution in [1.29, 1.82) is 0 Å². The molecule has 1 heterocycles. The minimum atomic E-state index is -0.475. The minimum Gasteiger partial charge on any atom is -0.492 e. The van der Waals surface area contributed by atoms with Crippen molar-refractivity contribution in [3.8, 4) is 5.75 Å². The van der Waals surface area contributed by atoms with Crippen LogP contribution in [-0.4, -0.2) is 40.9 Å². The number of rotatable bonds is 8. The van der Waals surface area contributed by atoms with E-state index in [4.69, 9.17) is 16.3 Å². The molecule has 3 aromatic rings. The molecular formula is C22H23ClN2O3. The first-order valence-corrected chi connectivity index (χ1v) is 9.72. The third kappa shape index (κ3) is 4.20. The van der Waals surface area contributed by atoms with Crippen LogP contribution in [0.2, 0.25) is 5.02 Å². The molecule has 0 N–H and O–H groups in total. The first kappa shape index (κ1) is 20.0. The highest BCUT2D eigenvalue weighted by atomic mass is 35.5. The summed E-state index contributed by atoms with van der Waals surface area (Å²) in [7, 11) is 0. The van der Waals surface area contributed by atoms with Crippen molar-refractivity contribution in [2.24, 2.45) is 0 Å². The molecule has 0 fully saturated rings. The van der Waals surface area contributed by atoms with Crippen molar-refractivity contribution >= 4 is 34.2 Å². The first-order chi connectivity index (χ1) is 13.5. The predicted molar refractivity (Wildman–Crippen MR) is 111 cm³/mol. The molecule has 3 rings (SSSR count). The summed E-state index contributed by atoms with van der Waals surface area (Å²) in [6, 6.07) is 14.8. The Kier molecular flexibility index (Phi) is 6.37. The minimum absolute atomic E-state index is 0.429. The van der Waals surface area contributed by atoms with Crippen LogP contribution in [-0.2, 0) is 11.3 Å². The van der Waals surface area contributed by atoms with E-state index < -0.39 is 11.7 Å². The van der Waals surface area contributed by atoms with Crippen molar-refractivity contribution in [3.63, 3.8) is 0 Å². The van der Waals surface area contributed by atoms with Crippen molar-refractivity contribution < 1.29 is 14.3 Å². The van der Waals surface area contributed by atoms with Gasteiger partial charge in [0.15, 0.2) is 0 Å².